The highest BCUT2D eigenvalue weighted by Crippen LogP contribution is 2.21. The maximum absolute atomic E-state index is 12.5. The van der Waals surface area contributed by atoms with Gasteiger partial charge in [-0.15, -0.1) is 0 Å². The fourth-order valence-corrected chi connectivity index (χ4v) is 2.42. The van der Waals surface area contributed by atoms with Crippen LogP contribution in [0.5, 0.6) is 0 Å². The van der Waals surface area contributed by atoms with E-state index in [1.807, 2.05) is 0 Å². The molecule has 0 saturated carbocycles. The molecule has 5 nitrogen and oxygen atoms in total. The lowest BCUT2D eigenvalue weighted by Crippen LogP contribution is -2.48. The number of pyridine rings is 1. The highest BCUT2D eigenvalue weighted by Gasteiger charge is 2.31. The number of piperidine rings is 1. The molecule has 0 aromatic carbocycles. The van der Waals surface area contributed by atoms with Gasteiger partial charge in [-0.1, -0.05) is 11.8 Å². The summed E-state index contributed by atoms with van der Waals surface area (Å²) in [5, 5.41) is 18.8. The number of amides is 1. The van der Waals surface area contributed by atoms with Crippen LogP contribution in [0.25, 0.3) is 0 Å². The molecule has 2 heterocycles. The molecule has 1 amide bonds. The Bertz CT molecular complexity index is 572. The molecule has 21 heavy (non-hydrogen) atoms. The Hall–Kier alpha value is -1.90. The maximum Gasteiger partial charge on any atom is 0.255 e. The molecule has 1 aliphatic heterocycles. The zero-order valence-corrected chi connectivity index (χ0v) is 12.2. The second kappa shape index (κ2) is 6.70. The quantitative estimate of drug-likeness (QED) is 0.790. The van der Waals surface area contributed by atoms with Crippen molar-refractivity contribution in [3.05, 3.63) is 29.6 Å². The molecular weight excluding hydrogens is 268 g/mol. The van der Waals surface area contributed by atoms with Gasteiger partial charge >= 0.3 is 0 Å². The molecule has 0 radical (unpaired) electrons. The van der Waals surface area contributed by atoms with Gasteiger partial charge in [0.05, 0.1) is 17.8 Å². The summed E-state index contributed by atoms with van der Waals surface area (Å²) in [6.07, 6.45) is 5.01. The standard InChI is InChI=1S/C16H20N2O3/c1-16(21)6-4-7-18(12-16)15(20)14-9-13(10-17-11-14)5-2-3-8-19/h9-11,19,21H,3-4,6-8,12H2,1H3. The number of β-amino-alcohol motifs (C(OH)–C–C–N with tert-alkyl or cyclic N) is 1. The van der Waals surface area contributed by atoms with Gasteiger partial charge in [-0.05, 0) is 25.8 Å². The van der Waals surface area contributed by atoms with E-state index < -0.39 is 5.60 Å². The first-order valence-corrected chi connectivity index (χ1v) is 7.08. The summed E-state index contributed by atoms with van der Waals surface area (Å²) in [7, 11) is 0. The molecule has 0 bridgehead atoms. The third-order valence-corrected chi connectivity index (χ3v) is 3.42. The Morgan fingerprint density at radius 3 is 3.05 bits per heavy atom. The number of likely N-dealkylation sites (tertiary alicyclic amines) is 1. The third kappa shape index (κ3) is 4.28. The molecule has 1 saturated heterocycles. The Morgan fingerprint density at radius 2 is 2.33 bits per heavy atom. The van der Waals surface area contributed by atoms with Crippen LogP contribution in [0, 0.1) is 11.8 Å². The van der Waals surface area contributed by atoms with Crippen molar-refractivity contribution in [3.63, 3.8) is 0 Å². The monoisotopic (exact) mass is 288 g/mol. The van der Waals surface area contributed by atoms with E-state index in [4.69, 9.17) is 5.11 Å². The van der Waals surface area contributed by atoms with Gasteiger partial charge < -0.3 is 15.1 Å². The number of carbonyl (C=O) groups excluding carboxylic acids is 1. The lowest BCUT2D eigenvalue weighted by atomic mass is 9.95. The molecule has 1 unspecified atom stereocenters. The van der Waals surface area contributed by atoms with Crippen molar-refractivity contribution in [1.29, 1.82) is 0 Å². The number of aromatic nitrogens is 1. The molecule has 2 N–H and O–H groups in total. The first kappa shape index (κ1) is 15.5. The van der Waals surface area contributed by atoms with Crippen molar-refractivity contribution < 1.29 is 15.0 Å². The van der Waals surface area contributed by atoms with Crippen molar-refractivity contribution in [3.8, 4) is 11.8 Å². The number of carbonyl (C=O) groups is 1. The topological polar surface area (TPSA) is 73.7 Å². The summed E-state index contributed by atoms with van der Waals surface area (Å²) in [5.41, 5.74) is 0.307. The molecule has 0 spiro atoms. The minimum absolute atomic E-state index is 0.0158. The van der Waals surface area contributed by atoms with Gasteiger partial charge in [0.1, 0.15) is 0 Å². The fraction of sp³-hybridized carbons (Fsp3) is 0.500. The minimum Gasteiger partial charge on any atom is -0.395 e. The van der Waals surface area contributed by atoms with Crippen LogP contribution >= 0.6 is 0 Å². The van der Waals surface area contributed by atoms with Crippen LogP contribution < -0.4 is 0 Å². The molecule has 112 valence electrons. The molecule has 1 fully saturated rings. The van der Waals surface area contributed by atoms with Crippen LogP contribution in [0.2, 0.25) is 0 Å². The largest absolute Gasteiger partial charge is 0.395 e. The highest BCUT2D eigenvalue weighted by atomic mass is 16.3. The zero-order valence-electron chi connectivity index (χ0n) is 12.2. The summed E-state index contributed by atoms with van der Waals surface area (Å²) in [5.74, 6) is 5.54. The van der Waals surface area contributed by atoms with Gasteiger partial charge in [-0.3, -0.25) is 9.78 Å². The second-order valence-corrected chi connectivity index (χ2v) is 5.56. The molecule has 1 aliphatic rings. The van der Waals surface area contributed by atoms with Gasteiger partial charge in [-0.25, -0.2) is 0 Å². The summed E-state index contributed by atoms with van der Waals surface area (Å²) in [6.45, 7) is 2.76. The summed E-state index contributed by atoms with van der Waals surface area (Å²) in [4.78, 5) is 18.2. The first-order valence-electron chi connectivity index (χ1n) is 7.08. The minimum atomic E-state index is -0.820. The average molecular weight is 288 g/mol. The van der Waals surface area contributed by atoms with Crippen molar-refractivity contribution >= 4 is 5.91 Å². The van der Waals surface area contributed by atoms with E-state index >= 15 is 0 Å². The van der Waals surface area contributed by atoms with Crippen LogP contribution in [0.3, 0.4) is 0 Å². The number of rotatable bonds is 2. The van der Waals surface area contributed by atoms with E-state index in [9.17, 15) is 9.90 Å². The Labute approximate surface area is 124 Å². The van der Waals surface area contributed by atoms with Crippen molar-refractivity contribution in [2.75, 3.05) is 19.7 Å². The van der Waals surface area contributed by atoms with Crippen LogP contribution in [-0.2, 0) is 0 Å². The molecule has 0 aliphatic carbocycles. The van der Waals surface area contributed by atoms with Crippen LogP contribution in [-0.4, -0.2) is 51.3 Å². The predicted octanol–water partition coefficient (Wildman–Crippen LogP) is 0.802. The maximum atomic E-state index is 12.5. The van der Waals surface area contributed by atoms with Crippen molar-refractivity contribution in [1.82, 2.24) is 9.88 Å². The average Bonchev–Trinajstić information content (AvgIpc) is 2.46. The Balaban J connectivity index is 2.12. The summed E-state index contributed by atoms with van der Waals surface area (Å²) < 4.78 is 0. The van der Waals surface area contributed by atoms with Crippen LogP contribution in [0.1, 0.15) is 42.1 Å². The highest BCUT2D eigenvalue weighted by molar-refractivity contribution is 5.94. The zero-order chi connectivity index (χ0) is 15.3. The summed E-state index contributed by atoms with van der Waals surface area (Å²) in [6, 6.07) is 1.70. The molecule has 5 heteroatoms. The SMILES string of the molecule is CC1(O)CCCN(C(=O)c2cncc(C#CCCO)c2)C1. The number of hydrogen-bond acceptors (Lipinski definition) is 4. The van der Waals surface area contributed by atoms with E-state index in [1.54, 1.807) is 24.1 Å². The molecule has 2 rings (SSSR count). The number of aliphatic hydroxyl groups is 2. The van der Waals surface area contributed by atoms with Gasteiger partial charge in [0.15, 0.2) is 0 Å². The molecule has 1 aromatic rings. The van der Waals surface area contributed by atoms with E-state index in [0.717, 1.165) is 6.42 Å². The number of hydrogen-bond donors (Lipinski definition) is 2. The number of aliphatic hydroxyl groups excluding tert-OH is 1. The smallest absolute Gasteiger partial charge is 0.255 e. The van der Waals surface area contributed by atoms with Crippen LogP contribution in [0.15, 0.2) is 18.5 Å². The molecular formula is C16H20N2O3. The van der Waals surface area contributed by atoms with Crippen molar-refractivity contribution in [2.24, 2.45) is 0 Å². The Kier molecular flexibility index (Phi) is 4.94. The summed E-state index contributed by atoms with van der Waals surface area (Å²) >= 11 is 0. The van der Waals surface area contributed by atoms with E-state index in [2.05, 4.69) is 16.8 Å². The van der Waals surface area contributed by atoms with Gasteiger partial charge in [0.25, 0.3) is 5.91 Å². The van der Waals surface area contributed by atoms with Gasteiger partial charge in [0.2, 0.25) is 0 Å². The third-order valence-electron chi connectivity index (χ3n) is 3.42. The molecule has 1 aromatic heterocycles. The number of nitrogens with zero attached hydrogens (tertiary/aromatic N) is 2. The van der Waals surface area contributed by atoms with Gasteiger partial charge in [0, 0.05) is 37.5 Å². The molecule has 1 atom stereocenters. The van der Waals surface area contributed by atoms with E-state index in [-0.39, 0.29) is 12.5 Å². The fourth-order valence-electron chi connectivity index (χ4n) is 2.42. The van der Waals surface area contributed by atoms with E-state index in [0.29, 0.717) is 37.1 Å². The lowest BCUT2D eigenvalue weighted by Gasteiger charge is -2.36. The van der Waals surface area contributed by atoms with Crippen LogP contribution in [0.4, 0.5) is 0 Å². The predicted molar refractivity (Wildman–Crippen MR) is 78.6 cm³/mol. The van der Waals surface area contributed by atoms with E-state index in [1.165, 1.54) is 6.20 Å². The Morgan fingerprint density at radius 1 is 1.52 bits per heavy atom. The second-order valence-electron chi connectivity index (χ2n) is 5.56. The van der Waals surface area contributed by atoms with Crippen molar-refractivity contribution in [2.45, 2.75) is 31.8 Å². The first-order chi connectivity index (χ1) is 10.0. The normalized spacial score (nSPS) is 21.6. The lowest BCUT2D eigenvalue weighted by molar-refractivity contribution is -0.0107. The van der Waals surface area contributed by atoms with Gasteiger partial charge in [-0.2, -0.15) is 0 Å².